The van der Waals surface area contributed by atoms with Crippen molar-refractivity contribution in [3.8, 4) is 5.69 Å². The Morgan fingerprint density at radius 3 is 3.05 bits per heavy atom. The number of aliphatic hydroxyl groups excluding tert-OH is 1. The molecule has 6 nitrogen and oxygen atoms in total. The molecular formula is C15H18N4O2. The zero-order chi connectivity index (χ0) is 14.7. The SMILES string of the molecule is O=C(Nc1cccc(-n2cccn2)c1)N1CCC[C@@H](O)C1. The molecule has 0 spiro atoms. The van der Waals surface area contributed by atoms with E-state index in [0.717, 1.165) is 18.5 Å². The number of β-amino-alcohol motifs (C(OH)–C–C–N with tert-alkyl or cyclic N) is 1. The van der Waals surface area contributed by atoms with Gasteiger partial charge in [0.2, 0.25) is 0 Å². The summed E-state index contributed by atoms with van der Waals surface area (Å²) >= 11 is 0. The van der Waals surface area contributed by atoms with E-state index in [1.165, 1.54) is 0 Å². The van der Waals surface area contributed by atoms with Crippen LogP contribution in [0.15, 0.2) is 42.7 Å². The van der Waals surface area contributed by atoms with Gasteiger partial charge in [-0.25, -0.2) is 9.48 Å². The summed E-state index contributed by atoms with van der Waals surface area (Å²) in [6.07, 6.45) is 4.74. The van der Waals surface area contributed by atoms with Gasteiger partial charge in [-0.05, 0) is 37.1 Å². The largest absolute Gasteiger partial charge is 0.391 e. The molecule has 3 rings (SSSR count). The summed E-state index contributed by atoms with van der Waals surface area (Å²) in [7, 11) is 0. The lowest BCUT2D eigenvalue weighted by atomic mass is 10.1. The van der Waals surface area contributed by atoms with E-state index in [1.54, 1.807) is 15.8 Å². The van der Waals surface area contributed by atoms with Gasteiger partial charge in [-0.3, -0.25) is 0 Å². The number of nitrogens with one attached hydrogen (secondary N) is 1. The summed E-state index contributed by atoms with van der Waals surface area (Å²) < 4.78 is 1.74. The van der Waals surface area contributed by atoms with E-state index in [-0.39, 0.29) is 6.03 Å². The van der Waals surface area contributed by atoms with Crippen LogP contribution in [0.5, 0.6) is 0 Å². The maximum absolute atomic E-state index is 12.2. The predicted octanol–water partition coefficient (Wildman–Crippen LogP) is 1.86. The summed E-state index contributed by atoms with van der Waals surface area (Å²) in [4.78, 5) is 13.8. The van der Waals surface area contributed by atoms with Gasteiger partial charge in [-0.2, -0.15) is 5.10 Å². The first kappa shape index (κ1) is 13.6. The quantitative estimate of drug-likeness (QED) is 0.885. The van der Waals surface area contributed by atoms with Crippen LogP contribution in [0.25, 0.3) is 5.69 Å². The maximum Gasteiger partial charge on any atom is 0.321 e. The number of aromatic nitrogens is 2. The minimum atomic E-state index is -0.417. The summed E-state index contributed by atoms with van der Waals surface area (Å²) in [6.45, 7) is 1.08. The molecule has 0 saturated carbocycles. The molecule has 0 unspecified atom stereocenters. The zero-order valence-electron chi connectivity index (χ0n) is 11.6. The number of nitrogens with zero attached hydrogens (tertiary/aromatic N) is 3. The first-order chi connectivity index (χ1) is 10.2. The number of anilines is 1. The molecule has 0 aliphatic carbocycles. The van der Waals surface area contributed by atoms with Gasteiger partial charge in [0.05, 0.1) is 11.8 Å². The molecule has 2 heterocycles. The van der Waals surface area contributed by atoms with Crippen molar-refractivity contribution in [3.63, 3.8) is 0 Å². The molecule has 1 fully saturated rings. The predicted molar refractivity (Wildman–Crippen MR) is 79.4 cm³/mol. The van der Waals surface area contributed by atoms with E-state index in [0.29, 0.717) is 18.8 Å². The minimum absolute atomic E-state index is 0.175. The number of piperidine rings is 1. The molecule has 1 atom stereocenters. The number of hydrogen-bond donors (Lipinski definition) is 2. The van der Waals surface area contributed by atoms with Crippen molar-refractivity contribution in [2.75, 3.05) is 18.4 Å². The Morgan fingerprint density at radius 1 is 1.38 bits per heavy atom. The van der Waals surface area contributed by atoms with Crippen LogP contribution in [-0.2, 0) is 0 Å². The fourth-order valence-electron chi connectivity index (χ4n) is 2.49. The number of carbonyl (C=O) groups excluding carboxylic acids is 1. The molecule has 110 valence electrons. The number of urea groups is 1. The summed E-state index contributed by atoms with van der Waals surface area (Å²) in [5, 5.41) is 16.7. The van der Waals surface area contributed by atoms with Crippen molar-refractivity contribution < 1.29 is 9.90 Å². The molecule has 2 amide bonds. The van der Waals surface area contributed by atoms with E-state index >= 15 is 0 Å². The van der Waals surface area contributed by atoms with Crippen LogP contribution in [0.3, 0.4) is 0 Å². The smallest absolute Gasteiger partial charge is 0.321 e. The highest BCUT2D eigenvalue weighted by molar-refractivity contribution is 5.89. The number of carbonyl (C=O) groups is 1. The fraction of sp³-hybridized carbons (Fsp3) is 0.333. The van der Waals surface area contributed by atoms with Crippen LogP contribution in [0.2, 0.25) is 0 Å². The second-order valence-corrected chi connectivity index (χ2v) is 5.17. The van der Waals surface area contributed by atoms with Gasteiger partial charge >= 0.3 is 6.03 Å². The van der Waals surface area contributed by atoms with Crippen LogP contribution in [0.1, 0.15) is 12.8 Å². The van der Waals surface area contributed by atoms with Crippen molar-refractivity contribution in [1.82, 2.24) is 14.7 Å². The van der Waals surface area contributed by atoms with Crippen molar-refractivity contribution in [1.29, 1.82) is 0 Å². The lowest BCUT2D eigenvalue weighted by molar-refractivity contribution is 0.0883. The number of hydrogen-bond acceptors (Lipinski definition) is 3. The Hall–Kier alpha value is -2.34. The highest BCUT2D eigenvalue weighted by atomic mass is 16.3. The minimum Gasteiger partial charge on any atom is -0.391 e. The highest BCUT2D eigenvalue weighted by Crippen LogP contribution is 2.16. The van der Waals surface area contributed by atoms with Gasteiger partial charge in [0.25, 0.3) is 0 Å². The van der Waals surface area contributed by atoms with Gasteiger partial charge < -0.3 is 15.3 Å². The third kappa shape index (κ3) is 3.22. The van der Waals surface area contributed by atoms with Gasteiger partial charge in [0, 0.05) is 31.2 Å². The Morgan fingerprint density at radius 2 is 2.29 bits per heavy atom. The Bertz CT molecular complexity index is 612. The number of likely N-dealkylation sites (tertiary alicyclic amines) is 1. The van der Waals surface area contributed by atoms with E-state index < -0.39 is 6.10 Å². The molecule has 0 bridgehead atoms. The Labute approximate surface area is 123 Å². The number of amides is 2. The van der Waals surface area contributed by atoms with Crippen LogP contribution in [0.4, 0.5) is 10.5 Å². The van der Waals surface area contributed by atoms with E-state index in [2.05, 4.69) is 10.4 Å². The molecule has 1 aromatic heterocycles. The first-order valence-corrected chi connectivity index (χ1v) is 7.06. The molecular weight excluding hydrogens is 268 g/mol. The van der Waals surface area contributed by atoms with Crippen LogP contribution in [-0.4, -0.2) is 45.0 Å². The number of rotatable bonds is 2. The Kier molecular flexibility index (Phi) is 3.87. The van der Waals surface area contributed by atoms with E-state index in [1.807, 2.05) is 36.5 Å². The average molecular weight is 286 g/mol. The lowest BCUT2D eigenvalue weighted by Crippen LogP contribution is -2.44. The van der Waals surface area contributed by atoms with Gasteiger partial charge in [0.15, 0.2) is 0 Å². The molecule has 2 N–H and O–H groups in total. The van der Waals surface area contributed by atoms with Crippen LogP contribution >= 0.6 is 0 Å². The van der Waals surface area contributed by atoms with Crippen LogP contribution < -0.4 is 5.32 Å². The molecule has 1 saturated heterocycles. The van der Waals surface area contributed by atoms with Gasteiger partial charge in [0.1, 0.15) is 0 Å². The molecule has 6 heteroatoms. The van der Waals surface area contributed by atoms with E-state index in [9.17, 15) is 9.90 Å². The summed E-state index contributed by atoms with van der Waals surface area (Å²) in [6, 6.07) is 9.17. The van der Waals surface area contributed by atoms with Gasteiger partial charge in [-0.15, -0.1) is 0 Å². The first-order valence-electron chi connectivity index (χ1n) is 7.06. The lowest BCUT2D eigenvalue weighted by Gasteiger charge is -2.30. The molecule has 0 radical (unpaired) electrons. The molecule has 1 aliphatic rings. The maximum atomic E-state index is 12.2. The average Bonchev–Trinajstić information content (AvgIpc) is 3.02. The molecule has 1 aliphatic heterocycles. The second kappa shape index (κ2) is 5.97. The number of aliphatic hydroxyl groups is 1. The topological polar surface area (TPSA) is 70.4 Å². The van der Waals surface area contributed by atoms with Crippen LogP contribution in [0, 0.1) is 0 Å². The normalized spacial score (nSPS) is 18.5. The summed E-state index contributed by atoms with van der Waals surface area (Å²) in [5.41, 5.74) is 1.60. The third-order valence-corrected chi connectivity index (χ3v) is 3.55. The second-order valence-electron chi connectivity index (χ2n) is 5.17. The Balaban J connectivity index is 1.70. The third-order valence-electron chi connectivity index (χ3n) is 3.55. The fourth-order valence-corrected chi connectivity index (χ4v) is 2.49. The van der Waals surface area contributed by atoms with Crippen molar-refractivity contribution in [2.45, 2.75) is 18.9 Å². The standard InChI is InChI=1S/C15H18N4O2/c20-14-6-2-8-18(11-14)15(21)17-12-4-1-5-13(10-12)19-9-3-7-16-19/h1,3-5,7,9-10,14,20H,2,6,8,11H2,(H,17,21)/t14-/m1/s1. The van der Waals surface area contributed by atoms with Crippen molar-refractivity contribution in [3.05, 3.63) is 42.7 Å². The molecule has 21 heavy (non-hydrogen) atoms. The van der Waals surface area contributed by atoms with Crippen molar-refractivity contribution in [2.24, 2.45) is 0 Å². The summed E-state index contributed by atoms with van der Waals surface area (Å²) in [5.74, 6) is 0. The number of benzene rings is 1. The molecule has 1 aromatic carbocycles. The highest BCUT2D eigenvalue weighted by Gasteiger charge is 2.21. The van der Waals surface area contributed by atoms with Gasteiger partial charge in [-0.1, -0.05) is 6.07 Å². The van der Waals surface area contributed by atoms with Crippen molar-refractivity contribution >= 4 is 11.7 Å². The monoisotopic (exact) mass is 286 g/mol. The zero-order valence-corrected chi connectivity index (χ0v) is 11.6. The van der Waals surface area contributed by atoms with E-state index in [4.69, 9.17) is 0 Å². The molecule has 2 aromatic rings.